The van der Waals surface area contributed by atoms with Crippen molar-refractivity contribution in [1.29, 1.82) is 0 Å². The number of hydrogen-bond acceptors (Lipinski definition) is 5. The van der Waals surface area contributed by atoms with E-state index in [0.29, 0.717) is 23.6 Å². The Hall–Kier alpha value is -2.56. The van der Waals surface area contributed by atoms with E-state index in [1.165, 1.54) is 7.11 Å². The fourth-order valence-corrected chi connectivity index (χ4v) is 1.75. The number of ether oxygens (including phenoxy) is 2. The number of pyridine rings is 1. The normalized spacial score (nSPS) is 10.1. The first kappa shape index (κ1) is 13.9. The second kappa shape index (κ2) is 6.56. The Morgan fingerprint density at radius 3 is 2.65 bits per heavy atom. The molecule has 0 aliphatic carbocycles. The molecule has 0 spiro atoms. The molecule has 2 N–H and O–H groups in total. The SMILES string of the molecule is COC(=O)c1ccc(OCCc2ccncc2)c(N)c1. The predicted octanol–water partition coefficient (Wildman–Crippen LogP) is 2.07. The zero-order valence-corrected chi connectivity index (χ0v) is 11.2. The average molecular weight is 272 g/mol. The first-order valence-electron chi connectivity index (χ1n) is 6.20. The monoisotopic (exact) mass is 272 g/mol. The van der Waals surface area contributed by atoms with Crippen molar-refractivity contribution >= 4 is 11.7 Å². The van der Waals surface area contributed by atoms with Crippen molar-refractivity contribution in [3.8, 4) is 5.75 Å². The van der Waals surface area contributed by atoms with E-state index in [9.17, 15) is 4.79 Å². The van der Waals surface area contributed by atoms with E-state index in [0.717, 1.165) is 12.0 Å². The zero-order chi connectivity index (χ0) is 14.4. The van der Waals surface area contributed by atoms with Crippen molar-refractivity contribution < 1.29 is 14.3 Å². The third-order valence-electron chi connectivity index (χ3n) is 2.83. The molecule has 0 saturated heterocycles. The molecule has 1 heterocycles. The number of hydrogen-bond donors (Lipinski definition) is 1. The fraction of sp³-hybridized carbons (Fsp3) is 0.200. The summed E-state index contributed by atoms with van der Waals surface area (Å²) in [7, 11) is 1.33. The number of carbonyl (C=O) groups excluding carboxylic acids is 1. The molecule has 0 aliphatic heterocycles. The third kappa shape index (κ3) is 3.47. The van der Waals surface area contributed by atoms with Crippen LogP contribution >= 0.6 is 0 Å². The van der Waals surface area contributed by atoms with E-state index in [4.69, 9.17) is 10.5 Å². The molecule has 0 saturated carbocycles. The van der Waals surface area contributed by atoms with Crippen molar-refractivity contribution in [3.63, 3.8) is 0 Å². The molecule has 0 atom stereocenters. The Bertz CT molecular complexity index is 585. The lowest BCUT2D eigenvalue weighted by atomic mass is 10.2. The van der Waals surface area contributed by atoms with Crippen LogP contribution in [0.5, 0.6) is 5.75 Å². The third-order valence-corrected chi connectivity index (χ3v) is 2.83. The van der Waals surface area contributed by atoms with Crippen LogP contribution in [0.3, 0.4) is 0 Å². The van der Waals surface area contributed by atoms with Crippen LogP contribution in [-0.4, -0.2) is 24.7 Å². The van der Waals surface area contributed by atoms with Gasteiger partial charge >= 0.3 is 5.97 Å². The minimum absolute atomic E-state index is 0.409. The second-order valence-corrected chi connectivity index (χ2v) is 4.20. The molecular weight excluding hydrogens is 256 g/mol. The van der Waals surface area contributed by atoms with Crippen molar-refractivity contribution in [1.82, 2.24) is 4.98 Å². The summed E-state index contributed by atoms with van der Waals surface area (Å²) >= 11 is 0. The van der Waals surface area contributed by atoms with Crippen LogP contribution in [-0.2, 0) is 11.2 Å². The number of anilines is 1. The van der Waals surface area contributed by atoms with Gasteiger partial charge in [0.25, 0.3) is 0 Å². The van der Waals surface area contributed by atoms with Crippen LogP contribution in [0.2, 0.25) is 0 Å². The molecule has 1 aromatic heterocycles. The summed E-state index contributed by atoms with van der Waals surface area (Å²) in [5, 5.41) is 0. The molecule has 2 rings (SSSR count). The first-order chi connectivity index (χ1) is 9.70. The molecule has 20 heavy (non-hydrogen) atoms. The van der Waals surface area contributed by atoms with Gasteiger partial charge in [-0.3, -0.25) is 4.98 Å². The zero-order valence-electron chi connectivity index (χ0n) is 11.2. The molecule has 5 nitrogen and oxygen atoms in total. The Labute approximate surface area is 117 Å². The molecule has 0 amide bonds. The van der Waals surface area contributed by atoms with Crippen molar-refractivity contribution in [2.45, 2.75) is 6.42 Å². The van der Waals surface area contributed by atoms with E-state index < -0.39 is 5.97 Å². The van der Waals surface area contributed by atoms with Crippen LogP contribution in [0.25, 0.3) is 0 Å². The minimum Gasteiger partial charge on any atom is -0.491 e. The highest BCUT2D eigenvalue weighted by atomic mass is 16.5. The maximum absolute atomic E-state index is 11.4. The van der Waals surface area contributed by atoms with Gasteiger partial charge in [0.1, 0.15) is 5.75 Å². The van der Waals surface area contributed by atoms with Gasteiger partial charge in [-0.1, -0.05) is 0 Å². The Morgan fingerprint density at radius 2 is 2.00 bits per heavy atom. The number of carbonyl (C=O) groups is 1. The van der Waals surface area contributed by atoms with Gasteiger partial charge in [-0.25, -0.2) is 4.79 Å². The molecule has 0 fully saturated rings. The van der Waals surface area contributed by atoms with E-state index in [1.807, 2.05) is 12.1 Å². The van der Waals surface area contributed by atoms with Gasteiger partial charge in [0, 0.05) is 18.8 Å². The van der Waals surface area contributed by atoms with Crippen LogP contribution in [0.4, 0.5) is 5.69 Å². The van der Waals surface area contributed by atoms with Gasteiger partial charge in [-0.05, 0) is 35.9 Å². The maximum atomic E-state index is 11.4. The highest BCUT2D eigenvalue weighted by molar-refractivity contribution is 5.90. The molecule has 0 unspecified atom stereocenters. The summed E-state index contributed by atoms with van der Waals surface area (Å²) in [6.45, 7) is 0.506. The lowest BCUT2D eigenvalue weighted by molar-refractivity contribution is 0.0601. The van der Waals surface area contributed by atoms with Crippen LogP contribution in [0.15, 0.2) is 42.7 Å². The standard InChI is InChI=1S/C15H16N2O3/c1-19-15(18)12-2-3-14(13(16)10-12)20-9-6-11-4-7-17-8-5-11/h2-5,7-8,10H,6,9,16H2,1H3. The smallest absolute Gasteiger partial charge is 0.337 e. The average Bonchev–Trinajstić information content (AvgIpc) is 2.49. The van der Waals surface area contributed by atoms with Crippen LogP contribution in [0, 0.1) is 0 Å². The molecule has 0 aliphatic rings. The summed E-state index contributed by atoms with van der Waals surface area (Å²) in [5.41, 5.74) is 7.82. The van der Waals surface area contributed by atoms with Gasteiger partial charge in [0.05, 0.1) is 25.0 Å². The van der Waals surface area contributed by atoms with Gasteiger partial charge in [0.15, 0.2) is 0 Å². The summed E-state index contributed by atoms with van der Waals surface area (Å²) < 4.78 is 10.2. The Balaban J connectivity index is 1.95. The number of aromatic nitrogens is 1. The van der Waals surface area contributed by atoms with Gasteiger partial charge in [-0.2, -0.15) is 0 Å². The largest absolute Gasteiger partial charge is 0.491 e. The lowest BCUT2D eigenvalue weighted by Gasteiger charge is -2.10. The molecule has 0 bridgehead atoms. The molecule has 104 valence electrons. The molecule has 1 aromatic carbocycles. The van der Waals surface area contributed by atoms with E-state index >= 15 is 0 Å². The summed E-state index contributed by atoms with van der Waals surface area (Å²) in [5.74, 6) is 0.145. The molecule has 0 radical (unpaired) electrons. The number of nitrogens with zero attached hydrogens (tertiary/aromatic N) is 1. The highest BCUT2D eigenvalue weighted by Crippen LogP contribution is 2.23. The Morgan fingerprint density at radius 1 is 1.25 bits per heavy atom. The fourth-order valence-electron chi connectivity index (χ4n) is 1.75. The molecule has 5 heteroatoms. The van der Waals surface area contributed by atoms with Crippen molar-refractivity contribution in [3.05, 3.63) is 53.9 Å². The highest BCUT2D eigenvalue weighted by Gasteiger charge is 2.08. The number of nitrogens with two attached hydrogens (primary N) is 1. The van der Waals surface area contributed by atoms with Crippen molar-refractivity contribution in [2.75, 3.05) is 19.5 Å². The summed E-state index contributed by atoms with van der Waals surface area (Å²) in [6, 6.07) is 8.73. The summed E-state index contributed by atoms with van der Waals surface area (Å²) in [6.07, 6.45) is 4.25. The number of esters is 1. The topological polar surface area (TPSA) is 74.4 Å². The van der Waals surface area contributed by atoms with Gasteiger partial charge in [-0.15, -0.1) is 0 Å². The summed E-state index contributed by atoms with van der Waals surface area (Å²) in [4.78, 5) is 15.3. The van der Waals surface area contributed by atoms with Gasteiger partial charge < -0.3 is 15.2 Å². The number of benzene rings is 1. The van der Waals surface area contributed by atoms with Gasteiger partial charge in [0.2, 0.25) is 0 Å². The quantitative estimate of drug-likeness (QED) is 0.666. The first-order valence-corrected chi connectivity index (χ1v) is 6.20. The van der Waals surface area contributed by atoms with Crippen molar-refractivity contribution in [2.24, 2.45) is 0 Å². The maximum Gasteiger partial charge on any atom is 0.337 e. The molecular formula is C15H16N2O3. The lowest BCUT2D eigenvalue weighted by Crippen LogP contribution is -2.06. The van der Waals surface area contributed by atoms with E-state index in [1.54, 1.807) is 30.6 Å². The number of methoxy groups -OCH3 is 1. The second-order valence-electron chi connectivity index (χ2n) is 4.20. The minimum atomic E-state index is -0.417. The van der Waals surface area contributed by atoms with E-state index in [2.05, 4.69) is 9.72 Å². The predicted molar refractivity (Wildman–Crippen MR) is 75.6 cm³/mol. The number of rotatable bonds is 5. The van der Waals surface area contributed by atoms with Crippen LogP contribution in [0.1, 0.15) is 15.9 Å². The number of nitrogen functional groups attached to an aromatic ring is 1. The Kier molecular flexibility index (Phi) is 4.55. The molecule has 2 aromatic rings. The van der Waals surface area contributed by atoms with Crippen LogP contribution < -0.4 is 10.5 Å². The van der Waals surface area contributed by atoms with E-state index in [-0.39, 0.29) is 0 Å².